The number of aromatic nitrogens is 4. The summed E-state index contributed by atoms with van der Waals surface area (Å²) in [6, 6.07) is 15.8. The van der Waals surface area contributed by atoms with Crippen molar-refractivity contribution in [1.82, 2.24) is 35.3 Å². The molecule has 4 rings (SSSR count). The second kappa shape index (κ2) is 9.57. The van der Waals surface area contributed by atoms with Crippen molar-refractivity contribution >= 4 is 6.03 Å². The Morgan fingerprint density at radius 1 is 1.03 bits per heavy atom. The standard InChI is InChI=1S/C22H27N7O2/c1-17-3-7-19(8-4-17)29-21(24-25-26-29)16-27-11-13-28(14-12-27)22(30)23-15-18-5-9-20(31-2)10-6-18/h3-10H,11-16H2,1-2H3,(H,23,30). The fourth-order valence-electron chi connectivity index (χ4n) is 3.53. The van der Waals surface area contributed by atoms with Crippen LogP contribution in [0.15, 0.2) is 48.5 Å². The number of benzene rings is 2. The molecule has 2 aromatic carbocycles. The summed E-state index contributed by atoms with van der Waals surface area (Å²) in [5.41, 5.74) is 3.18. The number of aryl methyl sites for hydroxylation is 1. The van der Waals surface area contributed by atoms with Crippen LogP contribution in [0.3, 0.4) is 0 Å². The molecule has 3 aromatic rings. The maximum Gasteiger partial charge on any atom is 0.317 e. The molecule has 1 aliphatic heterocycles. The van der Waals surface area contributed by atoms with Gasteiger partial charge in [-0.05, 0) is 47.2 Å². The topological polar surface area (TPSA) is 88.4 Å². The van der Waals surface area contributed by atoms with Gasteiger partial charge in [-0.2, -0.15) is 4.68 Å². The van der Waals surface area contributed by atoms with Crippen molar-refractivity contribution < 1.29 is 9.53 Å². The summed E-state index contributed by atoms with van der Waals surface area (Å²) < 4.78 is 6.93. The van der Waals surface area contributed by atoms with Crippen LogP contribution in [-0.4, -0.2) is 69.3 Å². The first-order chi connectivity index (χ1) is 15.1. The number of methoxy groups -OCH3 is 1. The fraction of sp³-hybridized carbons (Fsp3) is 0.364. The normalized spacial score (nSPS) is 14.5. The van der Waals surface area contributed by atoms with E-state index >= 15 is 0 Å². The van der Waals surface area contributed by atoms with E-state index in [-0.39, 0.29) is 6.03 Å². The molecule has 1 N–H and O–H groups in total. The smallest absolute Gasteiger partial charge is 0.317 e. The van der Waals surface area contributed by atoms with Crippen molar-refractivity contribution in [3.8, 4) is 11.4 Å². The van der Waals surface area contributed by atoms with Crippen LogP contribution in [0.5, 0.6) is 5.75 Å². The highest BCUT2D eigenvalue weighted by Gasteiger charge is 2.22. The van der Waals surface area contributed by atoms with E-state index < -0.39 is 0 Å². The van der Waals surface area contributed by atoms with E-state index in [9.17, 15) is 4.79 Å². The monoisotopic (exact) mass is 421 g/mol. The summed E-state index contributed by atoms with van der Waals surface area (Å²) in [4.78, 5) is 16.6. The van der Waals surface area contributed by atoms with Gasteiger partial charge < -0.3 is 15.0 Å². The molecule has 0 unspecified atom stereocenters. The molecule has 9 heteroatoms. The van der Waals surface area contributed by atoms with Gasteiger partial charge in [0.15, 0.2) is 5.82 Å². The lowest BCUT2D eigenvalue weighted by molar-refractivity contribution is 0.133. The zero-order valence-corrected chi connectivity index (χ0v) is 17.9. The Bertz CT molecular complexity index is 993. The van der Waals surface area contributed by atoms with Crippen molar-refractivity contribution in [1.29, 1.82) is 0 Å². The molecule has 1 saturated heterocycles. The molecule has 9 nitrogen and oxygen atoms in total. The number of nitrogens with one attached hydrogen (secondary N) is 1. The third kappa shape index (κ3) is 5.18. The van der Waals surface area contributed by atoms with E-state index in [1.807, 2.05) is 53.4 Å². The molecular weight excluding hydrogens is 394 g/mol. The summed E-state index contributed by atoms with van der Waals surface area (Å²) in [6.07, 6.45) is 0. The zero-order chi connectivity index (χ0) is 21.6. The summed E-state index contributed by atoms with van der Waals surface area (Å²) in [5, 5.41) is 15.2. The number of nitrogens with zero attached hydrogens (tertiary/aromatic N) is 6. The maximum atomic E-state index is 12.5. The van der Waals surface area contributed by atoms with Crippen LogP contribution in [0.25, 0.3) is 5.69 Å². The molecule has 2 heterocycles. The minimum absolute atomic E-state index is 0.0417. The molecule has 0 aliphatic carbocycles. The minimum atomic E-state index is -0.0417. The van der Waals surface area contributed by atoms with Crippen LogP contribution >= 0.6 is 0 Å². The summed E-state index contributed by atoms with van der Waals surface area (Å²) in [5.74, 6) is 1.60. The third-order valence-corrected chi connectivity index (χ3v) is 5.44. The average molecular weight is 422 g/mol. The highest BCUT2D eigenvalue weighted by atomic mass is 16.5. The van der Waals surface area contributed by atoms with Gasteiger partial charge >= 0.3 is 6.03 Å². The van der Waals surface area contributed by atoms with Crippen molar-refractivity contribution in [2.24, 2.45) is 0 Å². The lowest BCUT2D eigenvalue weighted by atomic mass is 10.2. The van der Waals surface area contributed by atoms with Crippen molar-refractivity contribution in [3.05, 3.63) is 65.5 Å². The van der Waals surface area contributed by atoms with Crippen LogP contribution < -0.4 is 10.1 Å². The number of tetrazole rings is 1. The number of rotatable bonds is 6. The lowest BCUT2D eigenvalue weighted by Crippen LogP contribution is -2.51. The average Bonchev–Trinajstić information content (AvgIpc) is 3.27. The Balaban J connectivity index is 1.26. The first kappa shape index (κ1) is 20.8. The lowest BCUT2D eigenvalue weighted by Gasteiger charge is -2.34. The molecule has 0 spiro atoms. The summed E-state index contributed by atoms with van der Waals surface area (Å²) in [7, 11) is 1.64. The number of amides is 2. The second-order valence-corrected chi connectivity index (χ2v) is 7.61. The predicted molar refractivity (Wildman–Crippen MR) is 116 cm³/mol. The summed E-state index contributed by atoms with van der Waals surface area (Å²) >= 11 is 0. The predicted octanol–water partition coefficient (Wildman–Crippen LogP) is 2.01. The quantitative estimate of drug-likeness (QED) is 0.655. The van der Waals surface area contributed by atoms with Gasteiger partial charge in [-0.3, -0.25) is 4.90 Å². The molecule has 0 saturated carbocycles. The van der Waals surface area contributed by atoms with E-state index in [0.717, 1.165) is 35.9 Å². The number of urea groups is 1. The van der Waals surface area contributed by atoms with Crippen molar-refractivity contribution in [2.45, 2.75) is 20.0 Å². The largest absolute Gasteiger partial charge is 0.497 e. The SMILES string of the molecule is COc1ccc(CNC(=O)N2CCN(Cc3nnnn3-c3ccc(C)cc3)CC2)cc1. The number of hydrogen-bond donors (Lipinski definition) is 1. The van der Waals surface area contributed by atoms with Gasteiger partial charge in [0.05, 0.1) is 19.3 Å². The first-order valence-corrected chi connectivity index (χ1v) is 10.3. The molecule has 1 aromatic heterocycles. The van der Waals surface area contributed by atoms with E-state index in [2.05, 4.69) is 32.7 Å². The van der Waals surface area contributed by atoms with Crippen LogP contribution in [0.1, 0.15) is 17.0 Å². The van der Waals surface area contributed by atoms with E-state index in [0.29, 0.717) is 26.2 Å². The van der Waals surface area contributed by atoms with Crippen LogP contribution in [0, 0.1) is 6.92 Å². The molecule has 2 amide bonds. The highest BCUT2D eigenvalue weighted by Crippen LogP contribution is 2.13. The minimum Gasteiger partial charge on any atom is -0.497 e. The van der Waals surface area contributed by atoms with Crippen LogP contribution in [0.4, 0.5) is 4.79 Å². The van der Waals surface area contributed by atoms with Gasteiger partial charge in [0.1, 0.15) is 5.75 Å². The molecular formula is C22H27N7O2. The number of carbonyl (C=O) groups is 1. The molecule has 0 radical (unpaired) electrons. The van der Waals surface area contributed by atoms with Gasteiger partial charge in [0.2, 0.25) is 0 Å². The van der Waals surface area contributed by atoms with Gasteiger partial charge in [-0.15, -0.1) is 5.10 Å². The van der Waals surface area contributed by atoms with Gasteiger partial charge in [-0.25, -0.2) is 4.79 Å². The van der Waals surface area contributed by atoms with Crippen molar-refractivity contribution in [3.63, 3.8) is 0 Å². The second-order valence-electron chi connectivity index (χ2n) is 7.61. The molecule has 0 atom stereocenters. The Hall–Kier alpha value is -3.46. The fourth-order valence-corrected chi connectivity index (χ4v) is 3.53. The Morgan fingerprint density at radius 2 is 1.74 bits per heavy atom. The van der Waals surface area contributed by atoms with Gasteiger partial charge in [-0.1, -0.05) is 29.8 Å². The Labute approximate surface area is 181 Å². The molecule has 31 heavy (non-hydrogen) atoms. The molecule has 0 bridgehead atoms. The van der Waals surface area contributed by atoms with E-state index in [4.69, 9.17) is 4.74 Å². The number of piperazine rings is 1. The third-order valence-electron chi connectivity index (χ3n) is 5.44. The molecule has 1 fully saturated rings. The molecule has 1 aliphatic rings. The van der Waals surface area contributed by atoms with E-state index in [1.54, 1.807) is 11.8 Å². The van der Waals surface area contributed by atoms with Crippen molar-refractivity contribution in [2.75, 3.05) is 33.3 Å². The Morgan fingerprint density at radius 3 is 2.42 bits per heavy atom. The molecule has 162 valence electrons. The van der Waals surface area contributed by atoms with Gasteiger partial charge in [0.25, 0.3) is 0 Å². The number of hydrogen-bond acceptors (Lipinski definition) is 6. The summed E-state index contributed by atoms with van der Waals surface area (Å²) in [6.45, 7) is 6.07. The van der Waals surface area contributed by atoms with Crippen LogP contribution in [0.2, 0.25) is 0 Å². The first-order valence-electron chi connectivity index (χ1n) is 10.3. The number of carbonyl (C=O) groups excluding carboxylic acids is 1. The highest BCUT2D eigenvalue weighted by molar-refractivity contribution is 5.74. The van der Waals surface area contributed by atoms with Crippen LogP contribution in [-0.2, 0) is 13.1 Å². The van der Waals surface area contributed by atoms with E-state index in [1.165, 1.54) is 5.56 Å². The Kier molecular flexibility index (Phi) is 6.42. The number of ether oxygens (including phenoxy) is 1. The zero-order valence-electron chi connectivity index (χ0n) is 17.9. The van der Waals surface area contributed by atoms with Gasteiger partial charge in [0, 0.05) is 32.7 Å². The maximum absolute atomic E-state index is 12.5.